The van der Waals surface area contributed by atoms with Crippen molar-refractivity contribution in [2.24, 2.45) is 10.9 Å². The second-order valence-corrected chi connectivity index (χ2v) is 8.32. The summed E-state index contributed by atoms with van der Waals surface area (Å²) < 4.78 is 2.12. The molecular weight excluding hydrogens is 529 g/mol. The molecule has 1 unspecified atom stereocenters. The van der Waals surface area contributed by atoms with Gasteiger partial charge in [0.25, 0.3) is 0 Å². The molecule has 0 amide bonds. The number of guanidine groups is 1. The van der Waals surface area contributed by atoms with Crippen LogP contribution in [0.3, 0.4) is 0 Å². The zero-order valence-electron chi connectivity index (χ0n) is 20.4. The molecule has 0 spiro atoms. The second-order valence-electron chi connectivity index (χ2n) is 8.32. The van der Waals surface area contributed by atoms with Crippen molar-refractivity contribution in [2.45, 2.75) is 59.4 Å². The van der Waals surface area contributed by atoms with E-state index >= 15 is 0 Å². The van der Waals surface area contributed by atoms with E-state index in [-0.39, 0.29) is 24.0 Å². The van der Waals surface area contributed by atoms with Gasteiger partial charge in [-0.15, -0.1) is 34.2 Å². The summed E-state index contributed by atoms with van der Waals surface area (Å²) in [5.41, 5.74) is 0. The second kappa shape index (κ2) is 15.0. The maximum atomic E-state index is 5.07. The molecule has 3 rings (SSSR count). The molecule has 0 radical (unpaired) electrons. The minimum Gasteiger partial charge on any atom is -0.354 e. The van der Waals surface area contributed by atoms with Crippen molar-refractivity contribution in [1.29, 1.82) is 0 Å². The van der Waals surface area contributed by atoms with Crippen LogP contribution in [0, 0.1) is 5.92 Å². The van der Waals surface area contributed by atoms with Gasteiger partial charge >= 0.3 is 0 Å². The topological polar surface area (TPSA) is 87.4 Å². The number of aromatic nitrogens is 5. The van der Waals surface area contributed by atoms with Crippen molar-refractivity contribution in [3.63, 3.8) is 0 Å². The van der Waals surface area contributed by atoms with Crippen molar-refractivity contribution >= 4 is 35.9 Å². The van der Waals surface area contributed by atoms with Gasteiger partial charge in [-0.3, -0.25) is 4.99 Å². The summed E-state index contributed by atoms with van der Waals surface area (Å²) in [4.78, 5) is 18.5. The Balaban J connectivity index is 0.00000385. The number of anilines is 1. The van der Waals surface area contributed by atoms with Crippen LogP contribution in [0.5, 0.6) is 0 Å². The van der Waals surface area contributed by atoms with Crippen LogP contribution in [0.15, 0.2) is 29.8 Å². The van der Waals surface area contributed by atoms with Gasteiger partial charge < -0.3 is 19.7 Å². The minimum absolute atomic E-state index is 0. The van der Waals surface area contributed by atoms with Gasteiger partial charge in [-0.1, -0.05) is 40.0 Å². The first-order valence-corrected chi connectivity index (χ1v) is 12.2. The summed E-state index contributed by atoms with van der Waals surface area (Å²) in [6.07, 6.45) is 11.3. The molecule has 9 nitrogen and oxygen atoms in total. The molecule has 10 heteroatoms. The Morgan fingerprint density at radius 1 is 1.12 bits per heavy atom. The van der Waals surface area contributed by atoms with Crippen LogP contribution >= 0.6 is 24.0 Å². The molecule has 2 aromatic heterocycles. The number of nitrogens with one attached hydrogen (secondary N) is 1. The molecule has 3 heterocycles. The number of hydrogen-bond donors (Lipinski definition) is 1. The molecule has 0 aromatic carbocycles. The normalized spacial score (nSPS) is 15.3. The summed E-state index contributed by atoms with van der Waals surface area (Å²) in [6, 6.07) is 1.86. The molecule has 0 bridgehead atoms. The van der Waals surface area contributed by atoms with Crippen LogP contribution in [0.4, 0.5) is 5.95 Å². The predicted octanol–water partition coefficient (Wildman–Crippen LogP) is 3.23. The van der Waals surface area contributed by atoms with Gasteiger partial charge in [0, 0.05) is 64.6 Å². The summed E-state index contributed by atoms with van der Waals surface area (Å²) in [7, 11) is 0. The standard InChI is InChI=1S/C23H39N9.HI/c1-4-7-9-20(5-2)18-27-23(26-12-13-32-19-28-29-21(32)6-3)31-16-14-30(15-17-31)22-24-10-8-11-25-22;/h8,10-11,19-20H,4-7,9,12-18H2,1-3H3,(H,26,27);1H. The lowest BCUT2D eigenvalue weighted by molar-refractivity contribution is 0.365. The first-order chi connectivity index (χ1) is 15.7. The van der Waals surface area contributed by atoms with Crippen LogP contribution < -0.4 is 10.2 Å². The van der Waals surface area contributed by atoms with E-state index in [0.29, 0.717) is 5.92 Å². The molecule has 1 saturated heterocycles. The van der Waals surface area contributed by atoms with E-state index in [2.05, 4.69) is 60.6 Å². The van der Waals surface area contributed by atoms with Crippen molar-refractivity contribution in [3.8, 4) is 0 Å². The smallest absolute Gasteiger partial charge is 0.225 e. The molecule has 1 N–H and O–H groups in total. The van der Waals surface area contributed by atoms with Crippen LogP contribution in [0.25, 0.3) is 0 Å². The Bertz CT molecular complexity index is 803. The molecule has 1 fully saturated rings. The Kier molecular flexibility index (Phi) is 12.4. The molecule has 1 aliphatic heterocycles. The van der Waals surface area contributed by atoms with E-state index in [9.17, 15) is 0 Å². The maximum absolute atomic E-state index is 5.07. The SMILES string of the molecule is CCCCC(CC)CN=C(NCCn1cnnc1CC)N1CCN(c2ncccn2)CC1.I. The van der Waals surface area contributed by atoms with Crippen LogP contribution in [0.1, 0.15) is 52.3 Å². The van der Waals surface area contributed by atoms with Gasteiger partial charge in [-0.2, -0.15) is 0 Å². The Morgan fingerprint density at radius 3 is 2.55 bits per heavy atom. The van der Waals surface area contributed by atoms with Crippen molar-refractivity contribution in [3.05, 3.63) is 30.6 Å². The van der Waals surface area contributed by atoms with Crippen LogP contribution in [-0.2, 0) is 13.0 Å². The molecule has 2 aromatic rings. The number of unbranched alkanes of at least 4 members (excludes halogenated alkanes) is 1. The molecule has 0 saturated carbocycles. The molecule has 0 aliphatic carbocycles. The van der Waals surface area contributed by atoms with E-state index in [1.165, 1.54) is 25.7 Å². The first kappa shape index (κ1) is 27.3. The maximum Gasteiger partial charge on any atom is 0.225 e. The number of halogens is 1. The zero-order valence-corrected chi connectivity index (χ0v) is 22.7. The Labute approximate surface area is 215 Å². The zero-order chi connectivity index (χ0) is 22.6. The number of hydrogen-bond acceptors (Lipinski definition) is 6. The third-order valence-corrected chi connectivity index (χ3v) is 6.10. The van der Waals surface area contributed by atoms with E-state index in [1.54, 1.807) is 12.4 Å². The van der Waals surface area contributed by atoms with Crippen LogP contribution in [0.2, 0.25) is 0 Å². The predicted molar refractivity (Wildman–Crippen MR) is 144 cm³/mol. The summed E-state index contributed by atoms with van der Waals surface area (Å²) in [6.45, 7) is 12.8. The fourth-order valence-corrected chi connectivity index (χ4v) is 4.00. The highest BCUT2D eigenvalue weighted by Gasteiger charge is 2.21. The van der Waals surface area contributed by atoms with Gasteiger partial charge in [0.15, 0.2) is 5.96 Å². The van der Waals surface area contributed by atoms with Gasteiger partial charge in [0.1, 0.15) is 12.2 Å². The van der Waals surface area contributed by atoms with E-state index in [0.717, 1.165) is 70.0 Å². The van der Waals surface area contributed by atoms with E-state index in [1.807, 2.05) is 12.4 Å². The molecule has 184 valence electrons. The highest BCUT2D eigenvalue weighted by atomic mass is 127. The average molecular weight is 570 g/mol. The first-order valence-electron chi connectivity index (χ1n) is 12.2. The van der Waals surface area contributed by atoms with Gasteiger partial charge in [0.2, 0.25) is 5.95 Å². The lowest BCUT2D eigenvalue weighted by Gasteiger charge is -2.36. The molecule has 1 aliphatic rings. The molecule has 33 heavy (non-hydrogen) atoms. The van der Waals surface area contributed by atoms with E-state index < -0.39 is 0 Å². The summed E-state index contributed by atoms with van der Waals surface area (Å²) in [5.74, 6) is 3.49. The monoisotopic (exact) mass is 569 g/mol. The number of rotatable bonds is 11. The Morgan fingerprint density at radius 2 is 1.88 bits per heavy atom. The number of piperazine rings is 1. The highest BCUT2D eigenvalue weighted by molar-refractivity contribution is 14.0. The lowest BCUT2D eigenvalue weighted by atomic mass is 10.00. The quantitative estimate of drug-likeness (QED) is 0.253. The Hall–Kier alpha value is -1.98. The van der Waals surface area contributed by atoms with Gasteiger partial charge in [0.05, 0.1) is 0 Å². The fourth-order valence-electron chi connectivity index (χ4n) is 4.00. The average Bonchev–Trinajstić information content (AvgIpc) is 3.31. The number of aliphatic imine (C=N–C) groups is 1. The van der Waals surface area contributed by atoms with Gasteiger partial charge in [-0.05, 0) is 18.4 Å². The largest absolute Gasteiger partial charge is 0.354 e. The third kappa shape index (κ3) is 8.38. The van der Waals surface area contributed by atoms with Crippen molar-refractivity contribution in [2.75, 3.05) is 44.2 Å². The van der Waals surface area contributed by atoms with Gasteiger partial charge in [-0.25, -0.2) is 9.97 Å². The third-order valence-electron chi connectivity index (χ3n) is 6.10. The number of aryl methyl sites for hydroxylation is 1. The lowest BCUT2D eigenvalue weighted by Crippen LogP contribution is -2.53. The molecular formula is C23H40IN9. The molecule has 1 atom stereocenters. The fraction of sp³-hybridized carbons (Fsp3) is 0.696. The summed E-state index contributed by atoms with van der Waals surface area (Å²) >= 11 is 0. The minimum atomic E-state index is 0. The van der Waals surface area contributed by atoms with Crippen molar-refractivity contribution in [1.82, 2.24) is 34.9 Å². The van der Waals surface area contributed by atoms with Crippen LogP contribution in [-0.4, -0.2) is 74.9 Å². The van der Waals surface area contributed by atoms with Crippen molar-refractivity contribution < 1.29 is 0 Å². The highest BCUT2D eigenvalue weighted by Crippen LogP contribution is 2.14. The van der Waals surface area contributed by atoms with E-state index in [4.69, 9.17) is 4.99 Å². The number of nitrogens with zero attached hydrogens (tertiary/aromatic N) is 8. The summed E-state index contributed by atoms with van der Waals surface area (Å²) in [5, 5.41) is 11.8.